The standard InChI is InChI=1S/C17H26N2O/c1-17(9-5-11-19(2)12-17)13-20-15-8-3-6-14-7-4-10-18-16(14)15/h3,6,8,18H,4-5,7,9-13H2,1-2H3. The third kappa shape index (κ3) is 2.93. The highest BCUT2D eigenvalue weighted by Gasteiger charge is 2.30. The lowest BCUT2D eigenvalue weighted by atomic mass is 9.83. The Morgan fingerprint density at radius 3 is 3.10 bits per heavy atom. The number of hydrogen-bond acceptors (Lipinski definition) is 3. The molecule has 2 heterocycles. The lowest BCUT2D eigenvalue weighted by molar-refractivity contribution is 0.0703. The second kappa shape index (κ2) is 5.65. The third-order valence-corrected chi connectivity index (χ3v) is 4.59. The van der Waals surface area contributed by atoms with Gasteiger partial charge in [0.05, 0.1) is 12.3 Å². The van der Waals surface area contributed by atoms with Crippen LogP contribution < -0.4 is 10.1 Å². The molecule has 0 spiro atoms. The van der Waals surface area contributed by atoms with E-state index < -0.39 is 0 Å². The molecule has 3 heteroatoms. The van der Waals surface area contributed by atoms with E-state index >= 15 is 0 Å². The van der Waals surface area contributed by atoms with Crippen LogP contribution in [-0.4, -0.2) is 38.2 Å². The van der Waals surface area contributed by atoms with Gasteiger partial charge in [0, 0.05) is 18.5 Å². The van der Waals surface area contributed by atoms with Crippen LogP contribution in [0.1, 0.15) is 31.7 Å². The van der Waals surface area contributed by atoms with Crippen molar-refractivity contribution >= 4 is 5.69 Å². The molecule has 0 aliphatic carbocycles. The Labute approximate surface area is 122 Å². The molecule has 1 atom stereocenters. The lowest BCUT2D eigenvalue weighted by Crippen LogP contribution is -2.42. The number of para-hydroxylation sites is 1. The van der Waals surface area contributed by atoms with Gasteiger partial charge in [0.25, 0.3) is 0 Å². The highest BCUT2D eigenvalue weighted by atomic mass is 16.5. The number of hydrogen-bond donors (Lipinski definition) is 1. The molecule has 1 unspecified atom stereocenters. The maximum Gasteiger partial charge on any atom is 0.142 e. The molecular formula is C17H26N2O. The smallest absolute Gasteiger partial charge is 0.142 e. The van der Waals surface area contributed by atoms with Crippen molar-refractivity contribution in [3.05, 3.63) is 23.8 Å². The Bertz CT molecular complexity index is 474. The summed E-state index contributed by atoms with van der Waals surface area (Å²) in [5.41, 5.74) is 2.91. The van der Waals surface area contributed by atoms with Crippen LogP contribution in [-0.2, 0) is 6.42 Å². The molecule has 20 heavy (non-hydrogen) atoms. The van der Waals surface area contributed by atoms with Gasteiger partial charge in [-0.05, 0) is 50.9 Å². The first kappa shape index (κ1) is 13.7. The zero-order chi connectivity index (χ0) is 14.0. The van der Waals surface area contributed by atoms with Gasteiger partial charge in [-0.15, -0.1) is 0 Å². The second-order valence-corrected chi connectivity index (χ2v) is 6.76. The number of ether oxygens (including phenoxy) is 1. The van der Waals surface area contributed by atoms with E-state index in [4.69, 9.17) is 4.74 Å². The minimum Gasteiger partial charge on any atom is -0.491 e. The van der Waals surface area contributed by atoms with Gasteiger partial charge in [0.1, 0.15) is 5.75 Å². The fourth-order valence-corrected chi connectivity index (χ4v) is 3.55. The molecule has 1 aromatic carbocycles. The molecular weight excluding hydrogens is 248 g/mol. The second-order valence-electron chi connectivity index (χ2n) is 6.76. The van der Waals surface area contributed by atoms with E-state index in [1.807, 2.05) is 0 Å². The van der Waals surface area contributed by atoms with Crippen molar-refractivity contribution < 1.29 is 4.74 Å². The molecule has 0 radical (unpaired) electrons. The molecule has 2 aliphatic heterocycles. The summed E-state index contributed by atoms with van der Waals surface area (Å²) >= 11 is 0. The van der Waals surface area contributed by atoms with E-state index in [1.165, 1.54) is 43.5 Å². The lowest BCUT2D eigenvalue weighted by Gasteiger charge is -2.38. The molecule has 2 aliphatic rings. The van der Waals surface area contributed by atoms with Crippen LogP contribution in [0, 0.1) is 5.41 Å². The van der Waals surface area contributed by atoms with Crippen molar-refractivity contribution in [1.29, 1.82) is 0 Å². The maximum absolute atomic E-state index is 6.21. The first-order chi connectivity index (χ1) is 9.66. The van der Waals surface area contributed by atoms with Crippen molar-refractivity contribution in [2.24, 2.45) is 5.41 Å². The first-order valence-electron chi connectivity index (χ1n) is 7.83. The number of nitrogens with one attached hydrogen (secondary N) is 1. The number of nitrogens with zero attached hydrogens (tertiary/aromatic N) is 1. The van der Waals surface area contributed by atoms with Crippen molar-refractivity contribution in [3.63, 3.8) is 0 Å². The SMILES string of the molecule is CN1CCCC(C)(COc2cccc3c2NCCC3)C1. The summed E-state index contributed by atoms with van der Waals surface area (Å²) in [6.45, 7) is 6.58. The highest BCUT2D eigenvalue weighted by molar-refractivity contribution is 5.63. The highest BCUT2D eigenvalue weighted by Crippen LogP contribution is 2.35. The average molecular weight is 274 g/mol. The van der Waals surface area contributed by atoms with Gasteiger partial charge < -0.3 is 15.0 Å². The van der Waals surface area contributed by atoms with Crippen LogP contribution in [0.15, 0.2) is 18.2 Å². The van der Waals surface area contributed by atoms with E-state index in [9.17, 15) is 0 Å². The summed E-state index contributed by atoms with van der Waals surface area (Å²) in [6, 6.07) is 6.44. The molecule has 0 bridgehead atoms. The zero-order valence-corrected chi connectivity index (χ0v) is 12.7. The van der Waals surface area contributed by atoms with Crippen LogP contribution >= 0.6 is 0 Å². The minimum absolute atomic E-state index is 0.282. The maximum atomic E-state index is 6.21. The summed E-state index contributed by atoms with van der Waals surface area (Å²) in [5.74, 6) is 1.04. The number of fused-ring (bicyclic) bond motifs is 1. The number of piperidine rings is 1. The Hall–Kier alpha value is -1.22. The summed E-state index contributed by atoms with van der Waals surface area (Å²) in [6.07, 6.45) is 4.93. The van der Waals surface area contributed by atoms with E-state index in [0.29, 0.717) is 0 Å². The fourth-order valence-electron chi connectivity index (χ4n) is 3.55. The predicted octanol–water partition coefficient (Wildman–Crippen LogP) is 3.16. The quantitative estimate of drug-likeness (QED) is 0.916. The van der Waals surface area contributed by atoms with Gasteiger partial charge in [-0.25, -0.2) is 0 Å². The van der Waals surface area contributed by atoms with Gasteiger partial charge in [-0.3, -0.25) is 0 Å². The van der Waals surface area contributed by atoms with Gasteiger partial charge in [0.15, 0.2) is 0 Å². The summed E-state index contributed by atoms with van der Waals surface area (Å²) < 4.78 is 6.21. The normalized spacial score (nSPS) is 26.7. The summed E-state index contributed by atoms with van der Waals surface area (Å²) in [4.78, 5) is 2.42. The number of likely N-dealkylation sites (tertiary alicyclic amines) is 1. The third-order valence-electron chi connectivity index (χ3n) is 4.59. The number of rotatable bonds is 3. The van der Waals surface area contributed by atoms with E-state index in [0.717, 1.165) is 25.4 Å². The Morgan fingerprint density at radius 2 is 2.25 bits per heavy atom. The molecule has 1 saturated heterocycles. The molecule has 0 saturated carbocycles. The number of benzene rings is 1. The van der Waals surface area contributed by atoms with Crippen LogP contribution in [0.3, 0.4) is 0 Å². The Balaban J connectivity index is 1.69. The van der Waals surface area contributed by atoms with Gasteiger partial charge in [-0.1, -0.05) is 19.1 Å². The van der Waals surface area contributed by atoms with Crippen molar-refractivity contribution in [3.8, 4) is 5.75 Å². The Kier molecular flexibility index (Phi) is 3.88. The van der Waals surface area contributed by atoms with Crippen LogP contribution in [0.4, 0.5) is 5.69 Å². The molecule has 1 aromatic rings. The molecule has 1 N–H and O–H groups in total. The first-order valence-corrected chi connectivity index (χ1v) is 7.83. The zero-order valence-electron chi connectivity index (χ0n) is 12.7. The Morgan fingerprint density at radius 1 is 1.35 bits per heavy atom. The molecule has 3 nitrogen and oxygen atoms in total. The number of aryl methyl sites for hydroxylation is 1. The minimum atomic E-state index is 0.282. The average Bonchev–Trinajstić information content (AvgIpc) is 2.45. The largest absolute Gasteiger partial charge is 0.491 e. The molecule has 3 rings (SSSR count). The number of anilines is 1. The van der Waals surface area contributed by atoms with Gasteiger partial charge in [0.2, 0.25) is 0 Å². The monoisotopic (exact) mass is 274 g/mol. The van der Waals surface area contributed by atoms with E-state index in [-0.39, 0.29) is 5.41 Å². The van der Waals surface area contributed by atoms with Crippen LogP contribution in [0.2, 0.25) is 0 Å². The van der Waals surface area contributed by atoms with Crippen molar-refractivity contribution in [2.45, 2.75) is 32.6 Å². The fraction of sp³-hybridized carbons (Fsp3) is 0.647. The van der Waals surface area contributed by atoms with Gasteiger partial charge >= 0.3 is 0 Å². The molecule has 1 fully saturated rings. The summed E-state index contributed by atoms with van der Waals surface area (Å²) in [5, 5.41) is 3.50. The molecule has 0 amide bonds. The summed E-state index contributed by atoms with van der Waals surface area (Å²) in [7, 11) is 2.21. The van der Waals surface area contributed by atoms with Crippen LogP contribution in [0.25, 0.3) is 0 Å². The van der Waals surface area contributed by atoms with E-state index in [1.54, 1.807) is 0 Å². The topological polar surface area (TPSA) is 24.5 Å². The molecule has 0 aromatic heterocycles. The molecule has 110 valence electrons. The van der Waals surface area contributed by atoms with Crippen molar-refractivity contribution in [2.75, 3.05) is 38.6 Å². The van der Waals surface area contributed by atoms with Gasteiger partial charge in [-0.2, -0.15) is 0 Å². The van der Waals surface area contributed by atoms with E-state index in [2.05, 4.69) is 42.4 Å². The van der Waals surface area contributed by atoms with Crippen molar-refractivity contribution in [1.82, 2.24) is 4.90 Å². The van der Waals surface area contributed by atoms with Crippen LogP contribution in [0.5, 0.6) is 5.75 Å². The predicted molar refractivity (Wildman–Crippen MR) is 83.6 cm³/mol.